The molecule has 0 fully saturated rings. The minimum atomic E-state index is -4.61. The van der Waals surface area contributed by atoms with E-state index < -0.39 is 26.6 Å². The minimum Gasteiger partial charge on any atom is -0.756 e. The van der Waals surface area contributed by atoms with E-state index in [9.17, 15) is 19.4 Å². The van der Waals surface area contributed by atoms with Crippen LogP contribution in [0.1, 0.15) is 168 Å². The number of allylic oxidation sites excluding steroid dienone is 11. The number of phosphoric ester groups is 1. The minimum absolute atomic E-state index is 0.0165. The summed E-state index contributed by atoms with van der Waals surface area (Å²) in [5.74, 6) is -0.258. The number of phosphoric acid groups is 1. The molecule has 0 radical (unpaired) electrons. The van der Waals surface area contributed by atoms with Gasteiger partial charge in [0.2, 0.25) is 5.91 Å². The molecule has 0 aromatic carbocycles. The van der Waals surface area contributed by atoms with Crippen LogP contribution >= 0.6 is 7.82 Å². The molecule has 2 N–H and O–H groups in total. The van der Waals surface area contributed by atoms with Crippen LogP contribution in [0.4, 0.5) is 0 Å². The number of hydrogen-bond donors (Lipinski definition) is 2. The van der Waals surface area contributed by atoms with Gasteiger partial charge in [-0.2, -0.15) is 0 Å². The van der Waals surface area contributed by atoms with E-state index in [2.05, 4.69) is 79.9 Å². The fraction of sp³-hybridized carbons (Fsp3) is 0.723. The van der Waals surface area contributed by atoms with E-state index >= 15 is 0 Å². The number of nitrogens with one attached hydrogen (secondary N) is 1. The maximum atomic E-state index is 12.8. The topological polar surface area (TPSA) is 108 Å². The Kier molecular flexibility index (Phi) is 37.0. The second-order valence-electron chi connectivity index (χ2n) is 16.0. The van der Waals surface area contributed by atoms with Gasteiger partial charge in [-0.15, -0.1) is 0 Å². The molecule has 0 aliphatic rings. The van der Waals surface area contributed by atoms with Crippen LogP contribution in [0.25, 0.3) is 0 Å². The summed E-state index contributed by atoms with van der Waals surface area (Å²) in [5.41, 5.74) is 0. The van der Waals surface area contributed by atoms with Crippen molar-refractivity contribution in [3.05, 3.63) is 72.9 Å². The molecular weight excluding hydrogens is 719 g/mol. The normalized spacial score (nSPS) is 15.1. The van der Waals surface area contributed by atoms with Gasteiger partial charge in [0, 0.05) is 6.42 Å². The first-order chi connectivity index (χ1) is 27.0. The molecule has 0 aliphatic heterocycles. The SMILES string of the molecule is CCC/C=C/CCCCCCCC/C=C/[C@@H](O)[C@H](COP(=O)([O-])OCC[N+](C)(C)C)NC(=O)CCC/C=C/C/C=C/C/C=C/C/C=C/CCCCCCCCC. The summed E-state index contributed by atoms with van der Waals surface area (Å²) in [7, 11) is 1.21. The number of unbranched alkanes of at least 4 members (excludes halogenated alkanes) is 16. The fourth-order valence-electron chi connectivity index (χ4n) is 5.79. The van der Waals surface area contributed by atoms with E-state index in [0.29, 0.717) is 17.4 Å². The Hall–Kier alpha value is -2.06. The largest absolute Gasteiger partial charge is 0.756 e. The number of amides is 1. The maximum Gasteiger partial charge on any atom is 0.268 e. The second-order valence-corrected chi connectivity index (χ2v) is 17.4. The Bertz CT molecular complexity index is 1140. The highest BCUT2D eigenvalue weighted by molar-refractivity contribution is 7.45. The Morgan fingerprint density at radius 1 is 0.625 bits per heavy atom. The first-order valence-corrected chi connectivity index (χ1v) is 23.8. The Balaban J connectivity index is 4.53. The number of rotatable bonds is 39. The molecule has 324 valence electrons. The third-order valence-electron chi connectivity index (χ3n) is 9.36. The number of aliphatic hydroxyl groups is 1. The van der Waals surface area contributed by atoms with E-state index in [-0.39, 0.29) is 18.9 Å². The Morgan fingerprint density at radius 2 is 1.07 bits per heavy atom. The number of nitrogens with zero attached hydrogens (tertiary/aromatic N) is 1. The lowest BCUT2D eigenvalue weighted by Gasteiger charge is -2.29. The van der Waals surface area contributed by atoms with Gasteiger partial charge in [0.25, 0.3) is 7.82 Å². The standard InChI is InChI=1S/C47H85N2O6P/c1-6-8-10-12-14-16-18-20-21-22-23-24-25-26-27-29-31-33-35-37-39-41-47(51)48-45(44-55-56(52,53)54-43-42-49(3,4)5)46(50)40-38-36-34-32-30-28-19-17-15-13-11-9-7-2/h11,13,21-22,24-25,27,29,33,35,38,40,45-46,50H,6-10,12,14-20,23,26,28,30-32,34,36-37,39,41-44H2,1-5H3,(H-,48,51,52,53)/b13-11+,22-21+,25-24+,29-27+,35-33+,40-38+/t45-,46+/m0/s1. The van der Waals surface area contributed by atoms with E-state index in [1.807, 2.05) is 27.2 Å². The van der Waals surface area contributed by atoms with Crippen molar-refractivity contribution in [3.8, 4) is 0 Å². The lowest BCUT2D eigenvalue weighted by atomic mass is 10.1. The highest BCUT2D eigenvalue weighted by Gasteiger charge is 2.23. The zero-order valence-electron chi connectivity index (χ0n) is 36.6. The molecule has 1 unspecified atom stereocenters. The van der Waals surface area contributed by atoms with Gasteiger partial charge in [0.05, 0.1) is 39.9 Å². The first kappa shape index (κ1) is 53.9. The number of hydrogen-bond acceptors (Lipinski definition) is 6. The van der Waals surface area contributed by atoms with Crippen molar-refractivity contribution in [2.75, 3.05) is 40.9 Å². The van der Waals surface area contributed by atoms with Crippen molar-refractivity contribution in [1.29, 1.82) is 0 Å². The van der Waals surface area contributed by atoms with Crippen LogP contribution in [0.3, 0.4) is 0 Å². The van der Waals surface area contributed by atoms with E-state index in [0.717, 1.165) is 51.4 Å². The summed E-state index contributed by atoms with van der Waals surface area (Å²) in [6.07, 6.45) is 51.0. The molecule has 0 aromatic rings. The average molecular weight is 805 g/mol. The summed E-state index contributed by atoms with van der Waals surface area (Å²) in [4.78, 5) is 25.3. The van der Waals surface area contributed by atoms with Crippen LogP contribution in [0.15, 0.2) is 72.9 Å². The molecule has 8 nitrogen and oxygen atoms in total. The van der Waals surface area contributed by atoms with E-state index in [1.54, 1.807) is 6.08 Å². The van der Waals surface area contributed by atoms with Gasteiger partial charge in [0.15, 0.2) is 0 Å². The molecule has 56 heavy (non-hydrogen) atoms. The van der Waals surface area contributed by atoms with Crippen molar-refractivity contribution in [2.24, 2.45) is 0 Å². The Morgan fingerprint density at radius 3 is 1.59 bits per heavy atom. The molecular formula is C47H85N2O6P. The van der Waals surface area contributed by atoms with Crippen LogP contribution < -0.4 is 10.2 Å². The van der Waals surface area contributed by atoms with Crippen molar-refractivity contribution < 1.29 is 32.9 Å². The first-order valence-electron chi connectivity index (χ1n) is 22.3. The molecule has 0 heterocycles. The van der Waals surface area contributed by atoms with Gasteiger partial charge in [-0.25, -0.2) is 0 Å². The van der Waals surface area contributed by atoms with Crippen LogP contribution in [0.2, 0.25) is 0 Å². The van der Waals surface area contributed by atoms with Crippen LogP contribution in [-0.4, -0.2) is 68.5 Å². The number of aliphatic hydroxyl groups excluding tert-OH is 1. The fourth-order valence-corrected chi connectivity index (χ4v) is 6.52. The summed E-state index contributed by atoms with van der Waals surface area (Å²) in [6, 6.07) is -0.921. The van der Waals surface area contributed by atoms with E-state index in [1.165, 1.54) is 89.9 Å². The summed E-state index contributed by atoms with van der Waals surface area (Å²) >= 11 is 0. The van der Waals surface area contributed by atoms with Crippen molar-refractivity contribution in [3.63, 3.8) is 0 Å². The van der Waals surface area contributed by atoms with Gasteiger partial charge in [-0.1, -0.05) is 157 Å². The molecule has 0 saturated carbocycles. The highest BCUT2D eigenvalue weighted by atomic mass is 31.2. The summed E-state index contributed by atoms with van der Waals surface area (Å²) < 4.78 is 23.1. The third-order valence-corrected chi connectivity index (χ3v) is 10.3. The second kappa shape index (κ2) is 38.5. The molecule has 0 bridgehead atoms. The molecule has 0 aromatic heterocycles. The zero-order valence-corrected chi connectivity index (χ0v) is 37.5. The molecule has 0 rings (SSSR count). The molecule has 3 atom stereocenters. The predicted molar refractivity (Wildman–Crippen MR) is 237 cm³/mol. The zero-order chi connectivity index (χ0) is 41.4. The average Bonchev–Trinajstić information content (AvgIpc) is 3.15. The number of quaternary nitrogens is 1. The van der Waals surface area contributed by atoms with E-state index in [4.69, 9.17) is 9.05 Å². The van der Waals surface area contributed by atoms with Gasteiger partial charge in [-0.3, -0.25) is 9.36 Å². The van der Waals surface area contributed by atoms with Crippen molar-refractivity contribution in [1.82, 2.24) is 5.32 Å². The lowest BCUT2D eigenvalue weighted by Crippen LogP contribution is -2.45. The predicted octanol–water partition coefficient (Wildman–Crippen LogP) is 11.8. The maximum absolute atomic E-state index is 12.8. The number of likely N-dealkylation sites (N-methyl/N-ethyl adjacent to an activating group) is 1. The summed E-state index contributed by atoms with van der Waals surface area (Å²) in [5, 5.41) is 13.7. The van der Waals surface area contributed by atoms with Crippen molar-refractivity contribution in [2.45, 2.75) is 180 Å². The molecule has 0 spiro atoms. The Labute approximate surface area is 344 Å². The van der Waals surface area contributed by atoms with Gasteiger partial charge < -0.3 is 28.8 Å². The number of carbonyl (C=O) groups excluding carboxylic acids is 1. The van der Waals surface area contributed by atoms with Crippen LogP contribution in [0.5, 0.6) is 0 Å². The third kappa shape index (κ3) is 40.1. The van der Waals surface area contributed by atoms with Crippen molar-refractivity contribution >= 4 is 13.7 Å². The highest BCUT2D eigenvalue weighted by Crippen LogP contribution is 2.38. The molecule has 0 saturated heterocycles. The van der Waals surface area contributed by atoms with Gasteiger partial charge in [-0.05, 0) is 77.0 Å². The van der Waals surface area contributed by atoms with Gasteiger partial charge >= 0.3 is 0 Å². The quantitative estimate of drug-likeness (QED) is 0.0277. The molecule has 1 amide bonds. The molecule has 9 heteroatoms. The van der Waals surface area contributed by atoms with Gasteiger partial charge in [0.1, 0.15) is 13.2 Å². The number of carbonyl (C=O) groups is 1. The lowest BCUT2D eigenvalue weighted by molar-refractivity contribution is -0.870. The summed E-state index contributed by atoms with van der Waals surface area (Å²) in [6.45, 7) is 4.52. The molecule has 0 aliphatic carbocycles. The monoisotopic (exact) mass is 805 g/mol. The smallest absolute Gasteiger partial charge is 0.268 e. The van der Waals surface area contributed by atoms with Crippen LogP contribution in [-0.2, 0) is 18.4 Å². The van der Waals surface area contributed by atoms with Crippen LogP contribution in [0, 0.1) is 0 Å².